The molecule has 158 valence electrons. The number of esters is 1. The third-order valence-electron chi connectivity index (χ3n) is 4.35. The molecular formula is C17H13Cl2N3O7S. The van der Waals surface area contributed by atoms with Crippen LogP contribution in [-0.4, -0.2) is 49.1 Å². The van der Waals surface area contributed by atoms with Crippen LogP contribution >= 0.6 is 23.2 Å². The van der Waals surface area contributed by atoms with Crippen molar-refractivity contribution in [2.24, 2.45) is 0 Å². The number of carbonyl (C=O) groups is 3. The highest BCUT2D eigenvalue weighted by atomic mass is 35.5. The maximum atomic E-state index is 12.6. The number of allylic oxidation sites excluding steroid dienone is 1. The third kappa shape index (κ3) is 3.83. The molecule has 2 amide bonds. The number of benzene rings is 1. The Kier molecular flexibility index (Phi) is 6.25. The van der Waals surface area contributed by atoms with Crippen LogP contribution in [0.2, 0.25) is 0 Å². The van der Waals surface area contributed by atoms with Gasteiger partial charge in [-0.1, -0.05) is 18.2 Å². The molecule has 30 heavy (non-hydrogen) atoms. The summed E-state index contributed by atoms with van der Waals surface area (Å²) in [6.45, 7) is 3.34. The summed E-state index contributed by atoms with van der Waals surface area (Å²) in [5.41, 5.74) is -0.00175. The van der Waals surface area contributed by atoms with E-state index in [-0.39, 0.29) is 27.9 Å². The summed E-state index contributed by atoms with van der Waals surface area (Å²) >= 11 is 11.5. The molecule has 0 saturated carbocycles. The van der Waals surface area contributed by atoms with Gasteiger partial charge in [-0.05, 0) is 17.7 Å². The number of alkyl halides is 1. The summed E-state index contributed by atoms with van der Waals surface area (Å²) in [5, 5.41) is 11.7. The van der Waals surface area contributed by atoms with Gasteiger partial charge in [0.05, 0.1) is 25.7 Å². The van der Waals surface area contributed by atoms with E-state index in [4.69, 9.17) is 27.9 Å². The number of nitrogens with zero attached hydrogens (tertiary/aromatic N) is 2. The average Bonchev–Trinajstić information content (AvgIpc) is 2.74. The second-order valence-corrected chi connectivity index (χ2v) is 8.38. The number of hydrogen-bond acceptors (Lipinski definition) is 7. The van der Waals surface area contributed by atoms with E-state index >= 15 is 0 Å². The van der Waals surface area contributed by atoms with Crippen molar-refractivity contribution < 1.29 is 28.3 Å². The molecule has 1 aromatic carbocycles. The minimum Gasteiger partial charge on any atom is -0.456 e. The number of halogens is 2. The lowest BCUT2D eigenvalue weighted by atomic mass is 10.0. The van der Waals surface area contributed by atoms with Gasteiger partial charge in [0.25, 0.3) is 11.6 Å². The van der Waals surface area contributed by atoms with Gasteiger partial charge in [0.15, 0.2) is 5.70 Å². The molecule has 1 N–H and O–H groups in total. The number of ether oxygens (including phenoxy) is 1. The molecule has 1 saturated heterocycles. The van der Waals surface area contributed by atoms with Crippen LogP contribution in [0.4, 0.5) is 5.69 Å². The van der Waals surface area contributed by atoms with E-state index in [2.05, 4.69) is 11.9 Å². The number of hydrogen-bond donors (Lipinski definition) is 1. The van der Waals surface area contributed by atoms with Gasteiger partial charge in [-0.3, -0.25) is 28.8 Å². The maximum Gasteiger partial charge on any atom is 0.357 e. The van der Waals surface area contributed by atoms with Crippen molar-refractivity contribution in [3.05, 3.63) is 62.2 Å². The van der Waals surface area contributed by atoms with Crippen LogP contribution in [0.25, 0.3) is 0 Å². The molecule has 3 rings (SSSR count). The molecule has 2 aliphatic rings. The molecule has 3 atom stereocenters. The molecule has 0 aromatic heterocycles. The Morgan fingerprint density at radius 2 is 1.97 bits per heavy atom. The van der Waals surface area contributed by atoms with Crippen LogP contribution in [0, 0.1) is 10.1 Å². The molecule has 0 bridgehead atoms. The normalized spacial score (nSPS) is 22.9. The van der Waals surface area contributed by atoms with Gasteiger partial charge < -0.3 is 10.1 Å². The zero-order valence-electron chi connectivity index (χ0n) is 15.0. The fourth-order valence-corrected chi connectivity index (χ4v) is 4.73. The van der Waals surface area contributed by atoms with Crippen LogP contribution < -0.4 is 5.32 Å². The minimum atomic E-state index is -1.87. The molecule has 2 aliphatic heterocycles. The predicted molar refractivity (Wildman–Crippen MR) is 106 cm³/mol. The first-order valence-corrected chi connectivity index (χ1v) is 10.4. The third-order valence-corrected chi connectivity index (χ3v) is 6.72. The van der Waals surface area contributed by atoms with Crippen molar-refractivity contribution in [2.75, 3.05) is 5.88 Å². The smallest absolute Gasteiger partial charge is 0.357 e. The number of nitrogens with one attached hydrogen (secondary N) is 1. The van der Waals surface area contributed by atoms with E-state index in [0.717, 1.165) is 4.90 Å². The minimum absolute atomic E-state index is 0.0853. The largest absolute Gasteiger partial charge is 0.456 e. The van der Waals surface area contributed by atoms with Crippen LogP contribution in [0.5, 0.6) is 0 Å². The first kappa shape index (κ1) is 21.9. The second kappa shape index (κ2) is 8.54. The van der Waals surface area contributed by atoms with E-state index in [1.165, 1.54) is 24.3 Å². The molecular weight excluding hydrogens is 461 g/mol. The zero-order chi connectivity index (χ0) is 22.2. The highest BCUT2D eigenvalue weighted by molar-refractivity contribution is 7.90. The Labute approximate surface area is 182 Å². The molecule has 0 radical (unpaired) electrons. The number of fused-ring (bicyclic) bond motifs is 1. The number of β-lactam (4-membered cyclic amide) rings is 1. The van der Waals surface area contributed by atoms with Crippen molar-refractivity contribution in [1.29, 1.82) is 0 Å². The van der Waals surface area contributed by atoms with Crippen molar-refractivity contribution in [2.45, 2.75) is 18.0 Å². The van der Waals surface area contributed by atoms with Gasteiger partial charge in [-0.15, -0.1) is 11.6 Å². The summed E-state index contributed by atoms with van der Waals surface area (Å²) in [7, 11) is -1.87. The lowest BCUT2D eigenvalue weighted by Crippen LogP contribution is -2.73. The number of nitro groups is 1. The lowest BCUT2D eigenvalue weighted by molar-refractivity contribution is -0.384. The molecule has 1 unspecified atom stereocenters. The quantitative estimate of drug-likeness (QED) is 0.216. The van der Waals surface area contributed by atoms with E-state index in [1.807, 2.05) is 0 Å². The Balaban J connectivity index is 1.78. The van der Waals surface area contributed by atoms with Gasteiger partial charge in [-0.25, -0.2) is 4.79 Å². The summed E-state index contributed by atoms with van der Waals surface area (Å²) in [6, 6.07) is 4.17. The van der Waals surface area contributed by atoms with Crippen LogP contribution in [0.15, 0.2) is 46.5 Å². The van der Waals surface area contributed by atoms with Gasteiger partial charge >= 0.3 is 5.97 Å². The zero-order valence-corrected chi connectivity index (χ0v) is 17.3. The Morgan fingerprint density at radius 3 is 2.53 bits per heavy atom. The monoisotopic (exact) mass is 473 g/mol. The molecule has 1 aromatic rings. The molecule has 0 spiro atoms. The molecule has 1 fully saturated rings. The van der Waals surface area contributed by atoms with E-state index in [9.17, 15) is 28.7 Å². The number of carbonyl (C=O) groups excluding carboxylic acids is 3. The first-order valence-electron chi connectivity index (χ1n) is 8.25. The van der Waals surface area contributed by atoms with Gasteiger partial charge in [0, 0.05) is 12.1 Å². The highest BCUT2D eigenvalue weighted by Crippen LogP contribution is 2.41. The van der Waals surface area contributed by atoms with Crippen LogP contribution in [0.1, 0.15) is 5.56 Å². The van der Waals surface area contributed by atoms with Gasteiger partial charge in [-0.2, -0.15) is 0 Å². The molecule has 2 heterocycles. The number of rotatable bonds is 6. The number of non-ortho nitro benzene ring substituents is 1. The Bertz CT molecular complexity index is 1020. The summed E-state index contributed by atoms with van der Waals surface area (Å²) in [5.74, 6) is -2.71. The van der Waals surface area contributed by atoms with Crippen molar-refractivity contribution in [3.8, 4) is 0 Å². The number of amides is 2. The Hall–Kier alpha value is -2.76. The van der Waals surface area contributed by atoms with Crippen molar-refractivity contribution in [1.82, 2.24) is 10.2 Å². The van der Waals surface area contributed by atoms with E-state index < -0.39 is 50.8 Å². The van der Waals surface area contributed by atoms with Crippen molar-refractivity contribution in [3.63, 3.8) is 0 Å². The lowest BCUT2D eigenvalue weighted by Gasteiger charge is -2.48. The average molecular weight is 474 g/mol. The Morgan fingerprint density at radius 1 is 1.33 bits per heavy atom. The fraction of sp³-hybridized carbons (Fsp3) is 0.235. The van der Waals surface area contributed by atoms with Gasteiger partial charge in [0.1, 0.15) is 23.9 Å². The second-order valence-electron chi connectivity index (χ2n) is 6.16. The van der Waals surface area contributed by atoms with Crippen LogP contribution in [0.3, 0.4) is 0 Å². The topological polar surface area (TPSA) is 136 Å². The summed E-state index contributed by atoms with van der Waals surface area (Å²) < 4.78 is 17.7. The SMILES string of the molecule is C=C1C(Cl)=C(C(=O)OCc2ccc([N+](=O)[O-])cc2)N2C(=O)[C@@H](NC(=O)CCl)[C@H]2S1=O. The summed E-state index contributed by atoms with van der Waals surface area (Å²) in [6.07, 6.45) is 0. The highest BCUT2D eigenvalue weighted by Gasteiger charge is 2.58. The first-order chi connectivity index (χ1) is 14.2. The van der Waals surface area contributed by atoms with Gasteiger partial charge in [0.2, 0.25) is 5.91 Å². The standard InChI is InChI=1S/C17H13Cl2N3O7S/c1-8-12(19)14(17(25)29-7-9-2-4-10(5-3-9)22(26)27)21-15(24)13(16(21)30(8)28)20-11(23)6-18/h2-5,13,16H,1,6-7H2,(H,20,23)/t13-,16-,30?/m1/s1. The summed E-state index contributed by atoms with van der Waals surface area (Å²) in [4.78, 5) is 47.6. The molecule has 13 heteroatoms. The predicted octanol–water partition coefficient (Wildman–Crippen LogP) is 1.26. The van der Waals surface area contributed by atoms with Crippen LogP contribution in [-0.2, 0) is 36.5 Å². The number of nitro benzene ring substituents is 1. The van der Waals surface area contributed by atoms with E-state index in [1.54, 1.807) is 0 Å². The fourth-order valence-electron chi connectivity index (χ4n) is 2.86. The maximum absolute atomic E-state index is 12.6. The van der Waals surface area contributed by atoms with Crippen molar-refractivity contribution >= 4 is 57.5 Å². The van der Waals surface area contributed by atoms with E-state index in [0.29, 0.717) is 5.56 Å². The molecule has 10 nitrogen and oxygen atoms in total. The molecule has 0 aliphatic carbocycles.